The lowest BCUT2D eigenvalue weighted by molar-refractivity contribution is -0.142. The molecule has 0 amide bonds. The molecule has 0 saturated carbocycles. The minimum atomic E-state index is -4.50. The van der Waals surface area contributed by atoms with Gasteiger partial charge in [0.25, 0.3) is 0 Å². The Bertz CT molecular complexity index is 354. The molecule has 1 rings (SSSR count). The number of nitrogens with one attached hydrogen (secondary N) is 1. The quantitative estimate of drug-likeness (QED) is 0.861. The summed E-state index contributed by atoms with van der Waals surface area (Å²) in [6, 6.07) is -0.255. The number of halogens is 3. The summed E-state index contributed by atoms with van der Waals surface area (Å²) in [6.07, 6.45) is -3.38. The highest BCUT2D eigenvalue weighted by Crippen LogP contribution is 2.30. The van der Waals surface area contributed by atoms with E-state index in [2.05, 4.69) is 15.3 Å². The molecule has 0 aromatic carbocycles. The average molecular weight is 235 g/mol. The summed E-state index contributed by atoms with van der Waals surface area (Å²) in [5.74, 6) is 0. The second-order valence-corrected chi connectivity index (χ2v) is 2.99. The van der Waals surface area contributed by atoms with Crippen molar-refractivity contribution in [3.05, 3.63) is 17.5 Å². The third-order valence-electron chi connectivity index (χ3n) is 1.75. The normalized spacial score (nSPS) is 11.6. The molecule has 0 fully saturated rings. The molecule has 0 unspecified atom stereocenters. The predicted octanol–water partition coefficient (Wildman–Crippen LogP) is 1.61. The summed E-state index contributed by atoms with van der Waals surface area (Å²) < 4.78 is 42.7. The minimum absolute atomic E-state index is 0.00143. The van der Waals surface area contributed by atoms with Crippen molar-refractivity contribution >= 4 is 0 Å². The summed E-state index contributed by atoms with van der Waals surface area (Å²) in [6.45, 7) is 1.93. The van der Waals surface area contributed by atoms with Crippen LogP contribution >= 0.6 is 0 Å². The third-order valence-corrected chi connectivity index (χ3v) is 1.75. The lowest BCUT2D eigenvalue weighted by Crippen LogP contribution is -2.17. The second kappa shape index (κ2) is 5.11. The zero-order valence-electron chi connectivity index (χ0n) is 8.93. The fraction of sp³-hybridized carbons (Fsp3) is 0.556. The van der Waals surface area contributed by atoms with Crippen LogP contribution in [0.2, 0.25) is 0 Å². The first-order valence-electron chi connectivity index (χ1n) is 4.69. The molecule has 1 N–H and O–H groups in total. The Morgan fingerprint density at radius 2 is 2.12 bits per heavy atom. The van der Waals surface area contributed by atoms with Gasteiger partial charge in [0.1, 0.15) is 0 Å². The maximum absolute atomic E-state index is 12.6. The Hall–Kier alpha value is -1.37. The maximum Gasteiger partial charge on any atom is 0.433 e. The van der Waals surface area contributed by atoms with E-state index in [0.717, 1.165) is 6.20 Å². The van der Waals surface area contributed by atoms with E-state index in [-0.39, 0.29) is 24.7 Å². The first-order valence-corrected chi connectivity index (χ1v) is 4.69. The van der Waals surface area contributed by atoms with E-state index in [4.69, 9.17) is 4.74 Å². The van der Waals surface area contributed by atoms with Crippen LogP contribution in [0.3, 0.4) is 0 Å². The van der Waals surface area contributed by atoms with Crippen LogP contribution in [0.4, 0.5) is 13.2 Å². The molecular formula is C9H12F3N3O. The van der Waals surface area contributed by atoms with Crippen LogP contribution < -0.4 is 10.1 Å². The summed E-state index contributed by atoms with van der Waals surface area (Å²) in [5.41, 5.74) is -0.959. The molecule has 7 heteroatoms. The van der Waals surface area contributed by atoms with Gasteiger partial charge in [-0.05, 0) is 14.0 Å². The highest BCUT2D eigenvalue weighted by molar-refractivity contribution is 5.21. The number of hydrogen-bond acceptors (Lipinski definition) is 4. The Kier molecular flexibility index (Phi) is 4.05. The molecule has 1 aromatic heterocycles. The van der Waals surface area contributed by atoms with Gasteiger partial charge in [0.2, 0.25) is 0 Å². The summed E-state index contributed by atoms with van der Waals surface area (Å²) >= 11 is 0. The first kappa shape index (κ1) is 12.7. The van der Waals surface area contributed by atoms with E-state index in [1.165, 1.54) is 0 Å². The fourth-order valence-electron chi connectivity index (χ4n) is 1.15. The summed E-state index contributed by atoms with van der Waals surface area (Å²) in [7, 11) is 1.55. The monoisotopic (exact) mass is 235 g/mol. The maximum atomic E-state index is 12.6. The van der Waals surface area contributed by atoms with Gasteiger partial charge in [-0.15, -0.1) is 0 Å². The van der Waals surface area contributed by atoms with Crippen molar-refractivity contribution < 1.29 is 17.9 Å². The molecule has 1 heterocycles. The topological polar surface area (TPSA) is 47.0 Å². The van der Waals surface area contributed by atoms with Gasteiger partial charge in [-0.25, -0.2) is 4.98 Å². The molecule has 0 aliphatic carbocycles. The number of hydrogen-bond donors (Lipinski definition) is 1. The van der Waals surface area contributed by atoms with Gasteiger partial charge < -0.3 is 10.1 Å². The van der Waals surface area contributed by atoms with Crippen molar-refractivity contribution in [1.82, 2.24) is 15.3 Å². The van der Waals surface area contributed by atoms with E-state index in [9.17, 15) is 13.2 Å². The molecule has 0 aliphatic rings. The van der Waals surface area contributed by atoms with Gasteiger partial charge >= 0.3 is 12.2 Å². The molecule has 90 valence electrons. The van der Waals surface area contributed by atoms with E-state index >= 15 is 0 Å². The van der Waals surface area contributed by atoms with Crippen molar-refractivity contribution in [2.45, 2.75) is 19.6 Å². The van der Waals surface area contributed by atoms with E-state index in [0.29, 0.717) is 0 Å². The van der Waals surface area contributed by atoms with Crippen LogP contribution in [0, 0.1) is 0 Å². The van der Waals surface area contributed by atoms with Gasteiger partial charge in [0.15, 0.2) is 5.69 Å². The number of ether oxygens (including phenoxy) is 1. The minimum Gasteiger partial charge on any atom is -0.464 e. The summed E-state index contributed by atoms with van der Waals surface area (Å²) in [4.78, 5) is 7.04. The van der Waals surface area contributed by atoms with Crippen LogP contribution in [0.15, 0.2) is 6.20 Å². The smallest absolute Gasteiger partial charge is 0.433 e. The van der Waals surface area contributed by atoms with E-state index in [1.54, 1.807) is 14.0 Å². The van der Waals surface area contributed by atoms with Gasteiger partial charge in [0, 0.05) is 18.3 Å². The van der Waals surface area contributed by atoms with E-state index < -0.39 is 11.9 Å². The highest BCUT2D eigenvalue weighted by atomic mass is 19.4. The van der Waals surface area contributed by atoms with Crippen molar-refractivity contribution in [1.29, 1.82) is 0 Å². The molecule has 0 spiro atoms. The Labute approximate surface area is 90.9 Å². The van der Waals surface area contributed by atoms with Crippen molar-refractivity contribution in [3.8, 4) is 6.01 Å². The summed E-state index contributed by atoms with van der Waals surface area (Å²) in [5, 5.41) is 2.63. The molecule has 0 saturated heterocycles. The zero-order valence-corrected chi connectivity index (χ0v) is 8.93. The second-order valence-electron chi connectivity index (χ2n) is 2.99. The molecule has 0 aliphatic heterocycles. The van der Waals surface area contributed by atoms with Gasteiger partial charge in [-0.3, -0.25) is 0 Å². The molecule has 0 bridgehead atoms. The number of alkyl halides is 3. The lowest BCUT2D eigenvalue weighted by Gasteiger charge is -2.12. The lowest BCUT2D eigenvalue weighted by atomic mass is 10.2. The van der Waals surface area contributed by atoms with Crippen LogP contribution in [-0.4, -0.2) is 23.6 Å². The zero-order chi connectivity index (χ0) is 12.2. The van der Waals surface area contributed by atoms with Crippen molar-refractivity contribution in [3.63, 3.8) is 0 Å². The molecule has 1 aromatic rings. The Balaban J connectivity index is 3.11. The molecule has 4 nitrogen and oxygen atoms in total. The molecule has 16 heavy (non-hydrogen) atoms. The largest absolute Gasteiger partial charge is 0.464 e. The number of nitrogens with zero attached hydrogens (tertiary/aromatic N) is 2. The van der Waals surface area contributed by atoms with Crippen LogP contribution in [0.5, 0.6) is 6.01 Å². The first-order chi connectivity index (χ1) is 7.49. The third kappa shape index (κ3) is 3.06. The fourth-order valence-corrected chi connectivity index (χ4v) is 1.15. The van der Waals surface area contributed by atoms with Gasteiger partial charge in [-0.2, -0.15) is 18.2 Å². The van der Waals surface area contributed by atoms with Crippen LogP contribution in [-0.2, 0) is 12.7 Å². The Morgan fingerprint density at radius 3 is 2.62 bits per heavy atom. The standard InChI is InChI=1S/C9H12F3N3O/c1-3-16-8-14-5-6(4-13-2)7(15-8)9(10,11)12/h5,13H,3-4H2,1-2H3. The van der Waals surface area contributed by atoms with E-state index in [1.807, 2.05) is 0 Å². The number of rotatable bonds is 4. The molecule has 0 atom stereocenters. The van der Waals surface area contributed by atoms with Crippen LogP contribution in [0.25, 0.3) is 0 Å². The molecule has 0 radical (unpaired) electrons. The predicted molar refractivity (Wildman–Crippen MR) is 51.0 cm³/mol. The number of aromatic nitrogens is 2. The van der Waals surface area contributed by atoms with Crippen molar-refractivity contribution in [2.24, 2.45) is 0 Å². The highest BCUT2D eigenvalue weighted by Gasteiger charge is 2.36. The van der Waals surface area contributed by atoms with Gasteiger partial charge in [-0.1, -0.05) is 0 Å². The van der Waals surface area contributed by atoms with Crippen LogP contribution in [0.1, 0.15) is 18.2 Å². The molecular weight excluding hydrogens is 223 g/mol. The Morgan fingerprint density at radius 1 is 1.44 bits per heavy atom. The average Bonchev–Trinajstić information content (AvgIpc) is 2.19. The van der Waals surface area contributed by atoms with Crippen molar-refractivity contribution in [2.75, 3.05) is 13.7 Å². The van der Waals surface area contributed by atoms with Gasteiger partial charge in [0.05, 0.1) is 6.61 Å². The SMILES string of the molecule is CCOc1ncc(CNC)c(C(F)(F)F)n1.